The van der Waals surface area contributed by atoms with Gasteiger partial charge in [-0.05, 0) is 30.3 Å². The molecule has 0 atom stereocenters. The maximum Gasteiger partial charge on any atom is 0.341 e. The summed E-state index contributed by atoms with van der Waals surface area (Å²) in [6.07, 6.45) is 0. The highest BCUT2D eigenvalue weighted by molar-refractivity contribution is 7.91. The van der Waals surface area contributed by atoms with Gasteiger partial charge in [0, 0.05) is 11.6 Å². The molecule has 1 aliphatic rings. The van der Waals surface area contributed by atoms with Gasteiger partial charge in [-0.1, -0.05) is 11.6 Å². The van der Waals surface area contributed by atoms with Crippen molar-refractivity contribution in [2.24, 2.45) is 0 Å². The van der Waals surface area contributed by atoms with E-state index in [0.29, 0.717) is 11.4 Å². The molecule has 0 spiro atoms. The van der Waals surface area contributed by atoms with Gasteiger partial charge in [0.15, 0.2) is 6.61 Å². The standard InChI is InChI=1S/C16H11ClF2N2O5S/c17-10-5-12-13(26-7-14(22)20-12)6-11(10)21-15(23)8-1-3-9(4-2-8)27(24,25)16(18)19/h1-6,16H,7H2,(H,20,22)(H,21,23). The number of amides is 2. The third-order valence-corrected chi connectivity index (χ3v) is 5.34. The summed E-state index contributed by atoms with van der Waals surface area (Å²) in [5, 5.41) is 5.20. The minimum atomic E-state index is -4.74. The SMILES string of the molecule is O=C1COc2cc(NC(=O)c3ccc(S(=O)(=O)C(F)F)cc3)c(Cl)cc2N1. The number of ether oxygens (including phenoxy) is 1. The molecule has 3 rings (SSSR count). The number of benzene rings is 2. The van der Waals surface area contributed by atoms with E-state index >= 15 is 0 Å². The molecule has 2 aromatic rings. The van der Waals surface area contributed by atoms with Gasteiger partial charge < -0.3 is 15.4 Å². The van der Waals surface area contributed by atoms with E-state index in [-0.39, 0.29) is 28.8 Å². The molecule has 11 heteroatoms. The number of sulfone groups is 1. The van der Waals surface area contributed by atoms with Gasteiger partial charge in [0.1, 0.15) is 5.75 Å². The van der Waals surface area contributed by atoms with Gasteiger partial charge >= 0.3 is 5.76 Å². The fourth-order valence-corrected chi connectivity index (χ4v) is 3.22. The number of carbonyl (C=O) groups excluding carboxylic acids is 2. The number of rotatable bonds is 4. The van der Waals surface area contributed by atoms with Crippen LogP contribution >= 0.6 is 11.6 Å². The molecule has 0 aromatic heterocycles. The molecule has 0 bridgehead atoms. The summed E-state index contributed by atoms with van der Waals surface area (Å²) in [7, 11) is -4.74. The van der Waals surface area contributed by atoms with Gasteiger partial charge in [-0.25, -0.2) is 8.42 Å². The van der Waals surface area contributed by atoms with Crippen molar-refractivity contribution in [2.75, 3.05) is 17.2 Å². The second-order valence-electron chi connectivity index (χ2n) is 5.45. The van der Waals surface area contributed by atoms with E-state index in [4.69, 9.17) is 16.3 Å². The predicted octanol–water partition coefficient (Wildman–Crippen LogP) is 2.92. The summed E-state index contributed by atoms with van der Waals surface area (Å²) >= 11 is 6.08. The van der Waals surface area contributed by atoms with Gasteiger partial charge in [-0.3, -0.25) is 9.59 Å². The zero-order valence-electron chi connectivity index (χ0n) is 13.3. The fourth-order valence-electron chi connectivity index (χ4n) is 2.29. The lowest BCUT2D eigenvalue weighted by atomic mass is 10.2. The van der Waals surface area contributed by atoms with Gasteiger partial charge in [0.05, 0.1) is 21.3 Å². The van der Waals surface area contributed by atoms with E-state index in [1.165, 1.54) is 12.1 Å². The lowest BCUT2D eigenvalue weighted by Crippen LogP contribution is -2.25. The Balaban J connectivity index is 1.81. The first-order valence-electron chi connectivity index (χ1n) is 7.38. The van der Waals surface area contributed by atoms with E-state index in [2.05, 4.69) is 10.6 Å². The Bertz CT molecular complexity index is 1030. The van der Waals surface area contributed by atoms with E-state index in [9.17, 15) is 26.8 Å². The Hall–Kier alpha value is -2.72. The molecule has 0 saturated heterocycles. The first-order valence-corrected chi connectivity index (χ1v) is 9.30. The van der Waals surface area contributed by atoms with Gasteiger partial charge in [0.25, 0.3) is 11.8 Å². The van der Waals surface area contributed by atoms with Crippen LogP contribution in [0.25, 0.3) is 0 Å². The number of halogens is 3. The average Bonchev–Trinajstić information content (AvgIpc) is 2.62. The number of hydrogen-bond donors (Lipinski definition) is 2. The molecule has 2 amide bonds. The first-order chi connectivity index (χ1) is 12.7. The maximum atomic E-state index is 12.5. The van der Waals surface area contributed by atoms with Crippen molar-refractivity contribution >= 4 is 44.6 Å². The van der Waals surface area contributed by atoms with Crippen LogP contribution in [0.4, 0.5) is 20.2 Å². The zero-order chi connectivity index (χ0) is 19.8. The van der Waals surface area contributed by atoms with Crippen LogP contribution in [0.2, 0.25) is 5.02 Å². The van der Waals surface area contributed by atoms with Gasteiger partial charge in [-0.2, -0.15) is 8.78 Å². The molecule has 2 aromatic carbocycles. The normalized spacial score (nSPS) is 13.6. The second kappa shape index (κ2) is 7.12. The Labute approximate surface area is 157 Å². The summed E-state index contributed by atoms with van der Waals surface area (Å²) in [6.45, 7) is -0.178. The van der Waals surface area contributed by atoms with Crippen LogP contribution in [0.1, 0.15) is 10.4 Å². The summed E-state index contributed by atoms with van der Waals surface area (Å²) in [5.41, 5.74) is 0.586. The predicted molar refractivity (Wildman–Crippen MR) is 93.2 cm³/mol. The lowest BCUT2D eigenvalue weighted by molar-refractivity contribution is -0.118. The Morgan fingerprint density at radius 2 is 1.89 bits per heavy atom. The molecule has 2 N–H and O–H groups in total. The van der Waals surface area contributed by atoms with Crippen molar-refractivity contribution in [1.82, 2.24) is 0 Å². The molecular weight excluding hydrogens is 406 g/mol. The highest BCUT2D eigenvalue weighted by Crippen LogP contribution is 2.36. The highest BCUT2D eigenvalue weighted by atomic mass is 35.5. The van der Waals surface area contributed by atoms with E-state index in [1.54, 1.807) is 0 Å². The van der Waals surface area contributed by atoms with Crippen LogP contribution in [0.15, 0.2) is 41.3 Å². The molecular formula is C16H11ClF2N2O5S. The van der Waals surface area contributed by atoms with Crippen molar-refractivity contribution in [3.8, 4) is 5.75 Å². The lowest BCUT2D eigenvalue weighted by Gasteiger charge is -2.19. The molecule has 0 unspecified atom stereocenters. The first kappa shape index (κ1) is 19.1. The van der Waals surface area contributed by atoms with Crippen molar-refractivity contribution in [3.05, 3.63) is 47.0 Å². The number of anilines is 2. The van der Waals surface area contributed by atoms with Crippen LogP contribution in [-0.4, -0.2) is 32.6 Å². The number of nitrogens with one attached hydrogen (secondary N) is 2. The van der Waals surface area contributed by atoms with Gasteiger partial charge in [-0.15, -0.1) is 0 Å². The molecule has 142 valence electrons. The van der Waals surface area contributed by atoms with Crippen molar-refractivity contribution in [2.45, 2.75) is 10.7 Å². The van der Waals surface area contributed by atoms with Crippen molar-refractivity contribution < 1.29 is 31.5 Å². The Kier molecular flexibility index (Phi) is 5.03. The Morgan fingerprint density at radius 1 is 1.22 bits per heavy atom. The minimum Gasteiger partial charge on any atom is -0.482 e. The smallest absolute Gasteiger partial charge is 0.341 e. The minimum absolute atomic E-state index is 0.0335. The largest absolute Gasteiger partial charge is 0.482 e. The quantitative estimate of drug-likeness (QED) is 0.798. The van der Waals surface area contributed by atoms with Crippen molar-refractivity contribution in [1.29, 1.82) is 0 Å². The van der Waals surface area contributed by atoms with Crippen molar-refractivity contribution in [3.63, 3.8) is 0 Å². The topological polar surface area (TPSA) is 102 Å². The molecule has 7 nitrogen and oxygen atoms in total. The van der Waals surface area contributed by atoms with E-state index < -0.39 is 26.4 Å². The summed E-state index contributed by atoms with van der Waals surface area (Å²) in [6, 6.07) is 6.88. The highest BCUT2D eigenvalue weighted by Gasteiger charge is 2.26. The molecule has 0 radical (unpaired) electrons. The van der Waals surface area contributed by atoms with Crippen LogP contribution in [0, 0.1) is 0 Å². The van der Waals surface area contributed by atoms with Crippen LogP contribution in [-0.2, 0) is 14.6 Å². The van der Waals surface area contributed by atoms with E-state index in [0.717, 1.165) is 24.3 Å². The van der Waals surface area contributed by atoms with Crippen LogP contribution < -0.4 is 15.4 Å². The van der Waals surface area contributed by atoms with E-state index in [1.807, 2.05) is 0 Å². The number of hydrogen-bond acceptors (Lipinski definition) is 5. The van der Waals surface area contributed by atoms with Gasteiger partial charge in [0.2, 0.25) is 9.84 Å². The zero-order valence-corrected chi connectivity index (χ0v) is 14.9. The third-order valence-electron chi connectivity index (χ3n) is 3.63. The second-order valence-corrected chi connectivity index (χ2v) is 7.77. The third kappa shape index (κ3) is 3.86. The molecule has 0 fully saturated rings. The molecule has 27 heavy (non-hydrogen) atoms. The number of carbonyl (C=O) groups is 2. The average molecular weight is 417 g/mol. The summed E-state index contributed by atoms with van der Waals surface area (Å²) < 4.78 is 53.1. The van der Waals surface area contributed by atoms with Crippen LogP contribution in [0.5, 0.6) is 5.75 Å². The molecule has 0 saturated carbocycles. The fraction of sp³-hybridized carbons (Fsp3) is 0.125. The molecule has 1 heterocycles. The molecule has 0 aliphatic carbocycles. The van der Waals surface area contributed by atoms with Crippen LogP contribution in [0.3, 0.4) is 0 Å². The summed E-state index contributed by atoms with van der Waals surface area (Å²) in [4.78, 5) is 23.0. The monoisotopic (exact) mass is 416 g/mol. The number of alkyl halides is 2. The molecule has 1 aliphatic heterocycles. The summed E-state index contributed by atoms with van der Waals surface area (Å²) in [5.74, 6) is -4.22. The Morgan fingerprint density at radius 3 is 2.52 bits per heavy atom. The number of fused-ring (bicyclic) bond motifs is 1. The maximum absolute atomic E-state index is 12.5.